The smallest absolute Gasteiger partial charge is 0.143 e. The van der Waals surface area contributed by atoms with Crippen molar-refractivity contribution in [2.45, 2.75) is 13.8 Å². The molecule has 0 bridgehead atoms. The van der Waals surface area contributed by atoms with Gasteiger partial charge in [0.1, 0.15) is 11.2 Å². The zero-order valence-electron chi connectivity index (χ0n) is 22.4. The molecule has 2 aromatic heterocycles. The van der Waals surface area contributed by atoms with Crippen LogP contribution in [0.2, 0.25) is 0 Å². The summed E-state index contributed by atoms with van der Waals surface area (Å²) in [7, 11) is 0. The predicted molar refractivity (Wildman–Crippen MR) is 172 cm³/mol. The maximum Gasteiger partial charge on any atom is 0.143 e. The van der Waals surface area contributed by atoms with Gasteiger partial charge in [-0.15, -0.1) is 11.3 Å². The standard InChI is InChI=1S/C38H26OS/c1-23-9-7-10-25(17-23)33-21-27(22-34-31-12-4-6-16-36(31)40-38(33)34)26-18-24(2)19-28(20-26)29-13-8-14-32-30-11-3-5-15-35(30)39-37(29)32/h3-22H,1-2H3. The van der Waals surface area contributed by atoms with Crippen LogP contribution < -0.4 is 0 Å². The molecule has 0 saturated heterocycles. The van der Waals surface area contributed by atoms with E-state index < -0.39 is 0 Å². The van der Waals surface area contributed by atoms with E-state index in [0.717, 1.165) is 27.5 Å². The molecule has 6 aromatic carbocycles. The Labute approximate surface area is 236 Å². The van der Waals surface area contributed by atoms with E-state index in [1.807, 2.05) is 23.5 Å². The number of rotatable bonds is 3. The number of hydrogen-bond acceptors (Lipinski definition) is 2. The zero-order valence-corrected chi connectivity index (χ0v) is 23.2. The highest BCUT2D eigenvalue weighted by Gasteiger charge is 2.16. The minimum absolute atomic E-state index is 0.926. The van der Waals surface area contributed by atoms with E-state index in [2.05, 4.69) is 123 Å². The van der Waals surface area contributed by atoms with E-state index in [-0.39, 0.29) is 0 Å². The highest BCUT2D eigenvalue weighted by molar-refractivity contribution is 7.26. The topological polar surface area (TPSA) is 13.1 Å². The number of furan rings is 1. The van der Waals surface area contributed by atoms with Crippen LogP contribution in [0.5, 0.6) is 0 Å². The van der Waals surface area contributed by atoms with Crippen molar-refractivity contribution in [2.24, 2.45) is 0 Å². The summed E-state index contributed by atoms with van der Waals surface area (Å²) in [6.07, 6.45) is 0. The average molecular weight is 531 g/mol. The third kappa shape index (κ3) is 3.68. The molecule has 40 heavy (non-hydrogen) atoms. The Balaban J connectivity index is 1.38. The van der Waals surface area contributed by atoms with Crippen LogP contribution in [-0.4, -0.2) is 0 Å². The minimum atomic E-state index is 0.926. The average Bonchev–Trinajstić information content (AvgIpc) is 3.55. The largest absolute Gasteiger partial charge is 0.455 e. The molecule has 0 radical (unpaired) electrons. The van der Waals surface area contributed by atoms with Gasteiger partial charge in [0.05, 0.1) is 0 Å². The molecule has 0 aliphatic rings. The van der Waals surface area contributed by atoms with Crippen molar-refractivity contribution in [1.82, 2.24) is 0 Å². The number of para-hydroxylation sites is 2. The van der Waals surface area contributed by atoms with E-state index in [1.54, 1.807) is 0 Å². The van der Waals surface area contributed by atoms with Gasteiger partial charge in [0.15, 0.2) is 0 Å². The van der Waals surface area contributed by atoms with Crippen LogP contribution in [0.25, 0.3) is 75.5 Å². The Morgan fingerprint density at radius 1 is 0.475 bits per heavy atom. The van der Waals surface area contributed by atoms with Crippen molar-refractivity contribution in [2.75, 3.05) is 0 Å². The van der Waals surface area contributed by atoms with Crippen LogP contribution in [0, 0.1) is 13.8 Å². The summed E-state index contributed by atoms with van der Waals surface area (Å²) in [5.74, 6) is 0. The third-order valence-electron chi connectivity index (χ3n) is 7.93. The van der Waals surface area contributed by atoms with E-state index in [4.69, 9.17) is 4.42 Å². The van der Waals surface area contributed by atoms with Crippen LogP contribution in [0.4, 0.5) is 0 Å². The van der Waals surface area contributed by atoms with E-state index in [0.29, 0.717) is 0 Å². The summed E-state index contributed by atoms with van der Waals surface area (Å²) < 4.78 is 9.08. The summed E-state index contributed by atoms with van der Waals surface area (Å²) in [4.78, 5) is 0. The molecule has 8 aromatic rings. The molecule has 0 saturated carbocycles. The molecule has 2 heteroatoms. The Hall–Kier alpha value is -4.66. The number of thiophene rings is 1. The zero-order chi connectivity index (χ0) is 26.8. The van der Waals surface area contributed by atoms with Gasteiger partial charge < -0.3 is 4.42 Å². The molecule has 0 aliphatic heterocycles. The molecule has 0 fully saturated rings. The molecule has 0 unspecified atom stereocenters. The van der Waals surface area contributed by atoms with Gasteiger partial charge in [-0.25, -0.2) is 0 Å². The molecule has 2 heterocycles. The number of fused-ring (bicyclic) bond motifs is 6. The van der Waals surface area contributed by atoms with Crippen molar-refractivity contribution in [3.8, 4) is 33.4 Å². The molecule has 0 amide bonds. The van der Waals surface area contributed by atoms with Crippen molar-refractivity contribution >= 4 is 53.4 Å². The van der Waals surface area contributed by atoms with Crippen LogP contribution in [0.1, 0.15) is 11.1 Å². The van der Waals surface area contributed by atoms with Gasteiger partial charge in [-0.1, -0.05) is 96.6 Å². The third-order valence-corrected chi connectivity index (χ3v) is 9.15. The molecule has 190 valence electrons. The molecule has 0 atom stereocenters. The summed E-state index contributed by atoms with van der Waals surface area (Å²) in [6, 6.07) is 44.1. The lowest BCUT2D eigenvalue weighted by Crippen LogP contribution is -1.87. The first-order chi connectivity index (χ1) is 19.6. The lowest BCUT2D eigenvalue weighted by Gasteiger charge is -2.12. The lowest BCUT2D eigenvalue weighted by atomic mass is 9.92. The minimum Gasteiger partial charge on any atom is -0.455 e. The van der Waals surface area contributed by atoms with Gasteiger partial charge in [-0.05, 0) is 72.0 Å². The van der Waals surface area contributed by atoms with Crippen LogP contribution in [0.3, 0.4) is 0 Å². The summed E-state index contributed by atoms with van der Waals surface area (Å²) in [5, 5.41) is 4.95. The molecule has 0 N–H and O–H groups in total. The fourth-order valence-electron chi connectivity index (χ4n) is 6.10. The van der Waals surface area contributed by atoms with Gasteiger partial charge in [-0.2, -0.15) is 0 Å². The van der Waals surface area contributed by atoms with Gasteiger partial charge in [-0.3, -0.25) is 0 Å². The van der Waals surface area contributed by atoms with Gasteiger partial charge in [0.25, 0.3) is 0 Å². The molecule has 1 nitrogen and oxygen atoms in total. The van der Waals surface area contributed by atoms with Gasteiger partial charge in [0.2, 0.25) is 0 Å². The van der Waals surface area contributed by atoms with Crippen molar-refractivity contribution in [3.05, 3.63) is 132 Å². The quantitative estimate of drug-likeness (QED) is 0.221. The van der Waals surface area contributed by atoms with Crippen LogP contribution in [-0.2, 0) is 0 Å². The summed E-state index contributed by atoms with van der Waals surface area (Å²) in [5.41, 5.74) is 11.7. The van der Waals surface area contributed by atoms with Crippen LogP contribution in [0.15, 0.2) is 126 Å². The van der Waals surface area contributed by atoms with Crippen molar-refractivity contribution < 1.29 is 4.42 Å². The molecular formula is C38H26OS. The fourth-order valence-corrected chi connectivity index (χ4v) is 7.32. The normalized spacial score (nSPS) is 11.8. The molecular weight excluding hydrogens is 504 g/mol. The molecule has 0 aliphatic carbocycles. The highest BCUT2D eigenvalue weighted by Crippen LogP contribution is 2.44. The second kappa shape index (κ2) is 8.94. The maximum absolute atomic E-state index is 6.41. The SMILES string of the molecule is Cc1cc(-c2cc(-c3cccc(C)c3)c3sc4ccccc4c3c2)cc(-c2cccc3c2oc2ccccc23)c1. The number of benzene rings is 6. The van der Waals surface area contributed by atoms with Crippen LogP contribution >= 0.6 is 11.3 Å². The second-order valence-electron chi connectivity index (χ2n) is 10.7. The van der Waals surface area contributed by atoms with Crippen molar-refractivity contribution in [3.63, 3.8) is 0 Å². The Morgan fingerprint density at radius 3 is 2.10 bits per heavy atom. The first-order valence-corrected chi connectivity index (χ1v) is 14.5. The van der Waals surface area contributed by atoms with E-state index in [9.17, 15) is 0 Å². The molecule has 8 rings (SSSR count). The Morgan fingerprint density at radius 2 is 1.20 bits per heavy atom. The Kier molecular flexibility index (Phi) is 5.20. The fraction of sp³-hybridized carbons (Fsp3) is 0.0526. The monoisotopic (exact) mass is 530 g/mol. The Bertz CT molecular complexity index is 2240. The summed E-state index contributed by atoms with van der Waals surface area (Å²) in [6.45, 7) is 4.35. The number of hydrogen-bond donors (Lipinski definition) is 0. The molecule has 0 spiro atoms. The first-order valence-electron chi connectivity index (χ1n) is 13.7. The maximum atomic E-state index is 6.41. The predicted octanol–water partition coefficient (Wildman–Crippen LogP) is 11.6. The van der Waals surface area contributed by atoms with Gasteiger partial charge in [0, 0.05) is 42.1 Å². The number of aryl methyl sites for hydroxylation is 2. The second-order valence-corrected chi connectivity index (χ2v) is 11.8. The lowest BCUT2D eigenvalue weighted by molar-refractivity contribution is 0.670. The highest BCUT2D eigenvalue weighted by atomic mass is 32.1. The summed E-state index contributed by atoms with van der Waals surface area (Å²) >= 11 is 1.89. The van der Waals surface area contributed by atoms with Crippen molar-refractivity contribution in [1.29, 1.82) is 0 Å². The first kappa shape index (κ1) is 23.2. The van der Waals surface area contributed by atoms with E-state index in [1.165, 1.54) is 59.1 Å². The van der Waals surface area contributed by atoms with E-state index >= 15 is 0 Å². The van der Waals surface area contributed by atoms with Gasteiger partial charge >= 0.3 is 0 Å².